The Hall–Kier alpha value is -3.34. The second-order valence-corrected chi connectivity index (χ2v) is 6.68. The molecule has 0 fully saturated rings. The molecule has 5 nitrogen and oxygen atoms in total. The molecular formula is C22H21N3O2. The minimum atomic E-state index is -0.276. The second kappa shape index (κ2) is 7.11. The molecule has 0 spiro atoms. The average molecular weight is 359 g/mol. The van der Waals surface area contributed by atoms with Crippen LogP contribution in [0.15, 0.2) is 65.1 Å². The Morgan fingerprint density at radius 3 is 2.56 bits per heavy atom. The molecule has 2 heterocycles. The van der Waals surface area contributed by atoms with Crippen LogP contribution >= 0.6 is 0 Å². The SMILES string of the molecule is Cc1cc(C(=O)NC(Cc2ccccc2)c2nc3ccccc3[nH]2)c(C)o1. The lowest BCUT2D eigenvalue weighted by Crippen LogP contribution is -2.31. The number of aromatic nitrogens is 2. The van der Waals surface area contributed by atoms with Crippen molar-refractivity contribution in [3.05, 3.63) is 89.1 Å². The Kier molecular flexibility index (Phi) is 4.50. The van der Waals surface area contributed by atoms with E-state index in [1.807, 2.05) is 49.4 Å². The fraction of sp³-hybridized carbons (Fsp3) is 0.182. The fourth-order valence-electron chi connectivity index (χ4n) is 3.30. The van der Waals surface area contributed by atoms with Crippen molar-refractivity contribution in [2.75, 3.05) is 0 Å². The Labute approximate surface area is 157 Å². The van der Waals surface area contributed by atoms with E-state index in [9.17, 15) is 4.79 Å². The van der Waals surface area contributed by atoms with E-state index in [0.29, 0.717) is 17.7 Å². The molecule has 5 heteroatoms. The maximum Gasteiger partial charge on any atom is 0.255 e. The topological polar surface area (TPSA) is 70.9 Å². The summed E-state index contributed by atoms with van der Waals surface area (Å²) < 4.78 is 5.50. The van der Waals surface area contributed by atoms with Crippen molar-refractivity contribution >= 4 is 16.9 Å². The minimum Gasteiger partial charge on any atom is -0.466 e. The lowest BCUT2D eigenvalue weighted by molar-refractivity contribution is 0.0933. The Morgan fingerprint density at radius 2 is 1.85 bits per heavy atom. The molecule has 0 aliphatic heterocycles. The summed E-state index contributed by atoms with van der Waals surface area (Å²) in [6.07, 6.45) is 0.641. The predicted octanol–water partition coefficient (Wildman–Crippen LogP) is 4.49. The van der Waals surface area contributed by atoms with E-state index in [0.717, 1.165) is 28.2 Å². The molecule has 2 aromatic carbocycles. The molecule has 136 valence electrons. The Morgan fingerprint density at radius 1 is 1.11 bits per heavy atom. The first-order valence-corrected chi connectivity index (χ1v) is 8.96. The summed E-state index contributed by atoms with van der Waals surface area (Å²) in [5.74, 6) is 1.92. The zero-order valence-electron chi connectivity index (χ0n) is 15.3. The van der Waals surface area contributed by atoms with E-state index in [1.54, 1.807) is 13.0 Å². The molecule has 0 radical (unpaired) electrons. The van der Waals surface area contributed by atoms with Crippen LogP contribution in [-0.2, 0) is 6.42 Å². The number of para-hydroxylation sites is 2. The van der Waals surface area contributed by atoms with Gasteiger partial charge in [-0.1, -0.05) is 42.5 Å². The maximum absolute atomic E-state index is 12.9. The molecule has 2 N–H and O–H groups in total. The third-order valence-corrected chi connectivity index (χ3v) is 4.61. The van der Waals surface area contributed by atoms with E-state index in [1.165, 1.54) is 0 Å². The molecule has 2 aromatic heterocycles. The predicted molar refractivity (Wildman–Crippen MR) is 105 cm³/mol. The first-order valence-electron chi connectivity index (χ1n) is 8.96. The highest BCUT2D eigenvalue weighted by Gasteiger charge is 2.22. The quantitative estimate of drug-likeness (QED) is 0.552. The number of rotatable bonds is 5. The van der Waals surface area contributed by atoms with E-state index in [4.69, 9.17) is 4.42 Å². The van der Waals surface area contributed by atoms with Crippen LogP contribution in [0.25, 0.3) is 11.0 Å². The van der Waals surface area contributed by atoms with Crippen molar-refractivity contribution in [1.82, 2.24) is 15.3 Å². The lowest BCUT2D eigenvalue weighted by Gasteiger charge is -2.17. The Balaban J connectivity index is 1.67. The van der Waals surface area contributed by atoms with Crippen molar-refractivity contribution in [2.45, 2.75) is 26.3 Å². The number of aryl methyl sites for hydroxylation is 2. The number of nitrogens with one attached hydrogen (secondary N) is 2. The molecule has 0 aliphatic rings. The number of nitrogens with zero attached hydrogens (tertiary/aromatic N) is 1. The summed E-state index contributed by atoms with van der Waals surface area (Å²) in [5.41, 5.74) is 3.52. The number of aromatic amines is 1. The van der Waals surface area contributed by atoms with Crippen molar-refractivity contribution in [2.24, 2.45) is 0 Å². The van der Waals surface area contributed by atoms with Crippen molar-refractivity contribution in [1.29, 1.82) is 0 Å². The zero-order chi connectivity index (χ0) is 18.8. The number of carbonyl (C=O) groups is 1. The first kappa shape index (κ1) is 17.1. The van der Waals surface area contributed by atoms with Gasteiger partial charge < -0.3 is 14.7 Å². The number of H-pyrrole nitrogens is 1. The van der Waals surface area contributed by atoms with Crippen LogP contribution < -0.4 is 5.32 Å². The molecule has 0 saturated carbocycles. The van der Waals surface area contributed by atoms with E-state index in [-0.39, 0.29) is 11.9 Å². The summed E-state index contributed by atoms with van der Waals surface area (Å²) in [4.78, 5) is 20.9. The van der Waals surface area contributed by atoms with Crippen molar-refractivity contribution in [3.8, 4) is 0 Å². The van der Waals surface area contributed by atoms with Gasteiger partial charge in [-0.05, 0) is 44.0 Å². The van der Waals surface area contributed by atoms with Crippen LogP contribution in [0.4, 0.5) is 0 Å². The molecule has 1 unspecified atom stereocenters. The summed E-state index contributed by atoms with van der Waals surface area (Å²) in [6.45, 7) is 3.64. The van der Waals surface area contributed by atoms with Crippen LogP contribution in [0.2, 0.25) is 0 Å². The number of benzene rings is 2. The summed E-state index contributed by atoms with van der Waals surface area (Å²) >= 11 is 0. The third kappa shape index (κ3) is 3.62. The van der Waals surface area contributed by atoms with Crippen LogP contribution in [0.3, 0.4) is 0 Å². The number of imidazole rings is 1. The van der Waals surface area contributed by atoms with Gasteiger partial charge in [-0.3, -0.25) is 4.79 Å². The van der Waals surface area contributed by atoms with Crippen LogP contribution in [0.5, 0.6) is 0 Å². The van der Waals surface area contributed by atoms with Gasteiger partial charge in [0.25, 0.3) is 5.91 Å². The van der Waals surface area contributed by atoms with Gasteiger partial charge in [-0.2, -0.15) is 0 Å². The highest BCUT2D eigenvalue weighted by Crippen LogP contribution is 2.21. The van der Waals surface area contributed by atoms with Crippen molar-refractivity contribution < 1.29 is 9.21 Å². The highest BCUT2D eigenvalue weighted by molar-refractivity contribution is 5.95. The largest absolute Gasteiger partial charge is 0.466 e. The third-order valence-electron chi connectivity index (χ3n) is 4.61. The fourth-order valence-corrected chi connectivity index (χ4v) is 3.30. The molecule has 0 bridgehead atoms. The van der Waals surface area contributed by atoms with Gasteiger partial charge in [0.2, 0.25) is 0 Å². The molecule has 4 rings (SSSR count). The molecular weight excluding hydrogens is 338 g/mol. The van der Waals surface area contributed by atoms with Crippen LogP contribution in [0, 0.1) is 13.8 Å². The molecule has 27 heavy (non-hydrogen) atoms. The van der Waals surface area contributed by atoms with Gasteiger partial charge in [0.05, 0.1) is 22.6 Å². The number of furan rings is 1. The molecule has 0 aliphatic carbocycles. The van der Waals surface area contributed by atoms with Gasteiger partial charge in [0.15, 0.2) is 0 Å². The van der Waals surface area contributed by atoms with Crippen molar-refractivity contribution in [3.63, 3.8) is 0 Å². The highest BCUT2D eigenvalue weighted by atomic mass is 16.3. The average Bonchev–Trinajstić information content (AvgIpc) is 3.24. The smallest absolute Gasteiger partial charge is 0.255 e. The van der Waals surface area contributed by atoms with Gasteiger partial charge in [-0.15, -0.1) is 0 Å². The van der Waals surface area contributed by atoms with Crippen LogP contribution in [-0.4, -0.2) is 15.9 Å². The van der Waals surface area contributed by atoms with Crippen LogP contribution in [0.1, 0.15) is 39.3 Å². The molecule has 4 aromatic rings. The first-order chi connectivity index (χ1) is 13.1. The standard InChI is InChI=1S/C22H21N3O2/c1-14-12-17(15(2)27-14)22(26)25-20(13-16-8-4-3-5-9-16)21-23-18-10-6-7-11-19(18)24-21/h3-12,20H,13H2,1-2H3,(H,23,24)(H,25,26). The molecule has 1 atom stereocenters. The number of amides is 1. The number of fused-ring (bicyclic) bond motifs is 1. The lowest BCUT2D eigenvalue weighted by atomic mass is 10.0. The minimum absolute atomic E-state index is 0.161. The van der Waals surface area contributed by atoms with E-state index in [2.05, 4.69) is 27.4 Å². The number of hydrogen-bond acceptors (Lipinski definition) is 3. The summed E-state index contributed by atoms with van der Waals surface area (Å²) in [5, 5.41) is 3.12. The zero-order valence-corrected chi connectivity index (χ0v) is 15.3. The normalized spacial score (nSPS) is 12.2. The second-order valence-electron chi connectivity index (χ2n) is 6.68. The van der Waals surface area contributed by atoms with Gasteiger partial charge >= 0.3 is 0 Å². The van der Waals surface area contributed by atoms with Gasteiger partial charge in [0, 0.05) is 0 Å². The van der Waals surface area contributed by atoms with E-state index >= 15 is 0 Å². The van der Waals surface area contributed by atoms with Gasteiger partial charge in [-0.25, -0.2) is 4.98 Å². The maximum atomic E-state index is 12.9. The van der Waals surface area contributed by atoms with Gasteiger partial charge in [0.1, 0.15) is 17.3 Å². The van der Waals surface area contributed by atoms with E-state index < -0.39 is 0 Å². The Bertz CT molecular complexity index is 1050. The number of carbonyl (C=O) groups excluding carboxylic acids is 1. The summed E-state index contributed by atoms with van der Waals surface area (Å²) in [6, 6.07) is 19.4. The molecule has 1 amide bonds. The number of hydrogen-bond donors (Lipinski definition) is 2. The molecule has 0 saturated heterocycles. The summed E-state index contributed by atoms with van der Waals surface area (Å²) in [7, 11) is 0. The monoisotopic (exact) mass is 359 g/mol.